The van der Waals surface area contributed by atoms with E-state index in [1.807, 2.05) is 0 Å². The molecule has 0 atom stereocenters. The molecule has 104 valence electrons. The number of aromatic nitrogens is 1. The second-order valence-corrected chi connectivity index (χ2v) is 4.19. The van der Waals surface area contributed by atoms with Gasteiger partial charge in [0.25, 0.3) is 0 Å². The lowest BCUT2D eigenvalue weighted by atomic mass is 10.1. The maximum atomic E-state index is 12.1. The highest BCUT2D eigenvalue weighted by molar-refractivity contribution is 6.32. The molecule has 0 N–H and O–H groups in total. The van der Waals surface area contributed by atoms with Crippen LogP contribution in [0.3, 0.4) is 0 Å². The average Bonchev–Trinajstić information content (AvgIpc) is 2.37. The van der Waals surface area contributed by atoms with Crippen LogP contribution >= 0.6 is 11.6 Å². The van der Waals surface area contributed by atoms with Crippen molar-refractivity contribution in [1.82, 2.24) is 4.98 Å². The summed E-state index contributed by atoms with van der Waals surface area (Å²) < 4.78 is 40.3. The van der Waals surface area contributed by atoms with Gasteiger partial charge in [0.05, 0.1) is 10.7 Å². The highest BCUT2D eigenvalue weighted by atomic mass is 35.5. The van der Waals surface area contributed by atoms with Gasteiger partial charge in [-0.3, -0.25) is 9.78 Å². The molecule has 0 spiro atoms. The topological polar surface area (TPSA) is 39.2 Å². The maximum Gasteiger partial charge on any atom is 0.573 e. The summed E-state index contributed by atoms with van der Waals surface area (Å²) in [6.07, 6.45) is -2.96. The lowest BCUT2D eigenvalue weighted by molar-refractivity contribution is -0.274. The van der Waals surface area contributed by atoms with Crippen LogP contribution in [0.5, 0.6) is 5.75 Å². The van der Waals surface area contributed by atoms with Gasteiger partial charge in [0, 0.05) is 17.3 Å². The molecular weight excluding hydrogens is 295 g/mol. The third-order valence-electron chi connectivity index (χ3n) is 2.38. The quantitative estimate of drug-likeness (QED) is 0.801. The number of nitrogens with zero attached hydrogens (tertiary/aromatic N) is 1. The van der Waals surface area contributed by atoms with E-state index in [2.05, 4.69) is 9.72 Å². The van der Waals surface area contributed by atoms with Crippen LogP contribution in [0, 0.1) is 0 Å². The van der Waals surface area contributed by atoms with E-state index in [1.165, 1.54) is 30.5 Å². The summed E-state index contributed by atoms with van der Waals surface area (Å²) in [5.41, 5.74) is 0.912. The number of carbonyl (C=O) groups excluding carboxylic acids is 1. The number of rotatable bonds is 3. The Kier molecular flexibility index (Phi) is 3.94. The lowest BCUT2D eigenvalue weighted by Crippen LogP contribution is -2.17. The fourth-order valence-corrected chi connectivity index (χ4v) is 1.70. The Morgan fingerprint density at radius 2 is 2.00 bits per heavy atom. The summed E-state index contributed by atoms with van der Waals surface area (Å²) in [5.74, 6) is -0.362. The second-order valence-electron chi connectivity index (χ2n) is 3.78. The minimum atomic E-state index is -4.76. The molecule has 0 bridgehead atoms. The monoisotopic (exact) mass is 301 g/mol. The van der Waals surface area contributed by atoms with E-state index in [0.717, 1.165) is 0 Å². The third-order valence-corrected chi connectivity index (χ3v) is 2.69. The summed E-state index contributed by atoms with van der Waals surface area (Å²) in [4.78, 5) is 14.7. The summed E-state index contributed by atoms with van der Waals surface area (Å²) in [6, 6.07) is 6.69. The van der Waals surface area contributed by atoms with Gasteiger partial charge >= 0.3 is 6.36 Å². The van der Waals surface area contributed by atoms with Crippen molar-refractivity contribution in [3.63, 3.8) is 0 Å². The van der Waals surface area contributed by atoms with E-state index < -0.39 is 6.36 Å². The Morgan fingerprint density at radius 1 is 1.25 bits per heavy atom. The average molecular weight is 302 g/mol. The summed E-state index contributed by atoms with van der Waals surface area (Å²) in [6.45, 7) is 0. The largest absolute Gasteiger partial charge is 0.573 e. The van der Waals surface area contributed by atoms with Crippen LogP contribution in [-0.4, -0.2) is 17.6 Å². The molecule has 7 heteroatoms. The van der Waals surface area contributed by atoms with Crippen LogP contribution < -0.4 is 4.74 Å². The molecule has 3 nitrogen and oxygen atoms in total. The van der Waals surface area contributed by atoms with Gasteiger partial charge in [-0.2, -0.15) is 0 Å². The Morgan fingerprint density at radius 3 is 2.65 bits per heavy atom. The highest BCUT2D eigenvalue weighted by Crippen LogP contribution is 2.28. The smallest absolute Gasteiger partial charge is 0.406 e. The number of benzene rings is 1. The summed E-state index contributed by atoms with van der Waals surface area (Å²) in [5, 5.41) is 0.173. The van der Waals surface area contributed by atoms with Crippen molar-refractivity contribution in [1.29, 1.82) is 0 Å². The van der Waals surface area contributed by atoms with Crippen molar-refractivity contribution in [2.45, 2.75) is 6.36 Å². The third kappa shape index (κ3) is 3.48. The first-order chi connectivity index (χ1) is 9.39. The predicted octanol–water partition coefficient (Wildman–Crippen LogP) is 4.11. The minimum Gasteiger partial charge on any atom is -0.406 e. The molecule has 0 saturated heterocycles. The number of hydrogen-bond donors (Lipinski definition) is 0. The van der Waals surface area contributed by atoms with E-state index in [1.54, 1.807) is 6.07 Å². The van der Waals surface area contributed by atoms with Gasteiger partial charge < -0.3 is 4.74 Å². The minimum absolute atomic E-state index is 0.173. The molecule has 0 unspecified atom stereocenters. The standard InChI is InChI=1S/C13H7ClF3NO2/c14-11-6-18-12(5-9(11)7-19)8-2-1-3-10(4-8)20-13(15,16)17/h1-7H. The van der Waals surface area contributed by atoms with Gasteiger partial charge in [0.2, 0.25) is 0 Å². The zero-order chi connectivity index (χ0) is 14.8. The van der Waals surface area contributed by atoms with Gasteiger partial charge in [0.1, 0.15) is 5.75 Å². The molecule has 1 aromatic heterocycles. The summed E-state index contributed by atoms with van der Waals surface area (Å²) >= 11 is 5.74. The Balaban J connectivity index is 2.38. The molecule has 0 aliphatic carbocycles. The van der Waals surface area contributed by atoms with Crippen LogP contribution in [0.4, 0.5) is 13.2 Å². The van der Waals surface area contributed by atoms with E-state index in [9.17, 15) is 18.0 Å². The van der Waals surface area contributed by atoms with Gasteiger partial charge in [-0.25, -0.2) is 0 Å². The fourth-order valence-electron chi connectivity index (χ4n) is 1.55. The molecule has 0 aliphatic rings. The maximum absolute atomic E-state index is 12.1. The molecule has 1 aromatic carbocycles. The van der Waals surface area contributed by atoms with E-state index in [4.69, 9.17) is 11.6 Å². The van der Waals surface area contributed by atoms with Crippen LogP contribution in [0.15, 0.2) is 36.5 Å². The van der Waals surface area contributed by atoms with Crippen molar-refractivity contribution >= 4 is 17.9 Å². The van der Waals surface area contributed by atoms with Gasteiger partial charge in [0.15, 0.2) is 6.29 Å². The predicted molar refractivity (Wildman–Crippen MR) is 66.8 cm³/mol. The molecule has 0 amide bonds. The number of carbonyl (C=O) groups is 1. The molecule has 0 fully saturated rings. The number of alkyl halides is 3. The number of ether oxygens (including phenoxy) is 1. The van der Waals surface area contributed by atoms with Gasteiger partial charge in [-0.05, 0) is 18.2 Å². The normalized spacial score (nSPS) is 11.2. The number of pyridine rings is 1. The molecule has 0 saturated carbocycles. The van der Waals surface area contributed by atoms with Crippen molar-refractivity contribution in [3.05, 3.63) is 47.1 Å². The molecule has 0 aliphatic heterocycles. The zero-order valence-electron chi connectivity index (χ0n) is 9.82. The molecule has 20 heavy (non-hydrogen) atoms. The summed E-state index contributed by atoms with van der Waals surface area (Å²) in [7, 11) is 0. The van der Waals surface area contributed by atoms with Gasteiger partial charge in [-0.1, -0.05) is 23.7 Å². The van der Waals surface area contributed by atoms with Crippen LogP contribution in [0.25, 0.3) is 11.3 Å². The fraction of sp³-hybridized carbons (Fsp3) is 0.0769. The van der Waals surface area contributed by atoms with Crippen LogP contribution in [0.2, 0.25) is 5.02 Å². The highest BCUT2D eigenvalue weighted by Gasteiger charge is 2.31. The Labute approximate surface area is 117 Å². The van der Waals surface area contributed by atoms with Crippen molar-refractivity contribution < 1.29 is 22.7 Å². The zero-order valence-corrected chi connectivity index (χ0v) is 10.6. The number of aldehydes is 1. The van der Waals surface area contributed by atoms with Gasteiger partial charge in [-0.15, -0.1) is 13.2 Å². The second kappa shape index (κ2) is 5.50. The number of halogens is 4. The lowest BCUT2D eigenvalue weighted by Gasteiger charge is -2.10. The first kappa shape index (κ1) is 14.3. The molecule has 0 radical (unpaired) electrons. The van der Waals surface area contributed by atoms with Crippen molar-refractivity contribution in [2.24, 2.45) is 0 Å². The molecule has 1 heterocycles. The molecule has 2 rings (SSSR count). The first-order valence-corrected chi connectivity index (χ1v) is 5.74. The van der Waals surface area contributed by atoms with Crippen molar-refractivity contribution in [2.75, 3.05) is 0 Å². The Hall–Kier alpha value is -2.08. The molecular formula is C13H7ClF3NO2. The van der Waals surface area contributed by atoms with Crippen LogP contribution in [0.1, 0.15) is 10.4 Å². The number of hydrogen-bond acceptors (Lipinski definition) is 3. The SMILES string of the molecule is O=Cc1cc(-c2cccc(OC(F)(F)F)c2)ncc1Cl. The van der Waals surface area contributed by atoms with Crippen molar-refractivity contribution in [3.8, 4) is 17.0 Å². The Bertz CT molecular complexity index is 644. The van der Waals surface area contributed by atoms with E-state index >= 15 is 0 Å². The van der Waals surface area contributed by atoms with E-state index in [-0.39, 0.29) is 16.3 Å². The first-order valence-electron chi connectivity index (χ1n) is 5.36. The van der Waals surface area contributed by atoms with E-state index in [0.29, 0.717) is 17.5 Å². The van der Waals surface area contributed by atoms with Crippen LogP contribution in [-0.2, 0) is 0 Å². The molecule has 2 aromatic rings.